The second-order valence-corrected chi connectivity index (χ2v) is 15.1. The first-order valence-corrected chi connectivity index (χ1v) is 16.7. The Balaban J connectivity index is 1.57. The van der Waals surface area contributed by atoms with Crippen LogP contribution in [-0.4, -0.2) is 14.7 Å². The Morgan fingerprint density at radius 2 is 0.971 bits per heavy atom. The van der Waals surface area contributed by atoms with Crippen molar-refractivity contribution in [1.82, 2.24) is 0 Å². The van der Waals surface area contributed by atoms with Crippen molar-refractivity contribution in [2.24, 2.45) is 0 Å². The van der Waals surface area contributed by atoms with Crippen LogP contribution in [0.2, 0.25) is 19.1 Å². The predicted molar refractivity (Wildman–Crippen MR) is 153 cm³/mol. The summed E-state index contributed by atoms with van der Waals surface area (Å²) in [5.41, 5.74) is 5.06. The summed E-state index contributed by atoms with van der Waals surface area (Å²) in [6.07, 6.45) is 10.4. The Hall–Kier alpha value is -2.32. The summed E-state index contributed by atoms with van der Waals surface area (Å²) in [6.45, 7) is 10.4. The van der Waals surface area contributed by atoms with Gasteiger partial charge in [-0.3, -0.25) is 0 Å². The number of hydrogen-bond donors (Lipinski definition) is 0. The third kappa shape index (κ3) is 7.87. The molecular formula is C32H44OSi. The molecule has 0 aliphatic carbocycles. The molecule has 0 unspecified atom stereocenters. The second-order valence-electron chi connectivity index (χ2n) is 10.3. The van der Waals surface area contributed by atoms with E-state index in [4.69, 9.17) is 4.74 Å². The highest BCUT2D eigenvalue weighted by Crippen LogP contribution is 2.27. The van der Waals surface area contributed by atoms with Gasteiger partial charge in [0.2, 0.25) is 0 Å². The van der Waals surface area contributed by atoms with E-state index in [1.54, 1.807) is 5.19 Å². The molecule has 0 aliphatic heterocycles. The third-order valence-electron chi connectivity index (χ3n) is 6.99. The lowest BCUT2D eigenvalue weighted by Crippen LogP contribution is -2.40. The van der Waals surface area contributed by atoms with Crippen molar-refractivity contribution in [2.45, 2.75) is 84.4 Å². The third-order valence-corrected chi connectivity index (χ3v) is 10.5. The highest BCUT2D eigenvalue weighted by molar-refractivity contribution is 6.89. The molecule has 0 spiro atoms. The number of hydrogen-bond acceptors (Lipinski definition) is 1. The molecule has 0 amide bonds. The van der Waals surface area contributed by atoms with Crippen LogP contribution < -0.4 is 9.92 Å². The largest absolute Gasteiger partial charge is 0.494 e. The second kappa shape index (κ2) is 13.5. The fourth-order valence-corrected chi connectivity index (χ4v) is 7.06. The highest BCUT2D eigenvalue weighted by Gasteiger charge is 2.22. The van der Waals surface area contributed by atoms with Crippen LogP contribution >= 0.6 is 0 Å². The Bertz CT molecular complexity index is 955. The molecular weight excluding hydrogens is 428 g/mol. The average molecular weight is 473 g/mol. The molecule has 0 aliphatic rings. The molecule has 3 aromatic rings. The van der Waals surface area contributed by atoms with E-state index in [0.717, 1.165) is 18.8 Å². The lowest BCUT2D eigenvalue weighted by Gasteiger charge is -2.23. The zero-order valence-electron chi connectivity index (χ0n) is 21.9. The van der Waals surface area contributed by atoms with Crippen molar-refractivity contribution < 1.29 is 4.74 Å². The van der Waals surface area contributed by atoms with Crippen molar-refractivity contribution in [3.05, 3.63) is 72.8 Å². The summed E-state index contributed by atoms with van der Waals surface area (Å²) in [7, 11) is -1.34. The van der Waals surface area contributed by atoms with Crippen LogP contribution in [0, 0.1) is 0 Å². The average Bonchev–Trinajstić information content (AvgIpc) is 2.87. The molecule has 3 rings (SSSR count). The molecule has 0 saturated carbocycles. The minimum absolute atomic E-state index is 0.811. The summed E-state index contributed by atoms with van der Waals surface area (Å²) in [5.74, 6) is 0.966. The summed E-state index contributed by atoms with van der Waals surface area (Å²) in [4.78, 5) is 0. The summed E-state index contributed by atoms with van der Waals surface area (Å²) >= 11 is 0. The van der Waals surface area contributed by atoms with Gasteiger partial charge in [-0.1, -0.05) is 144 Å². The first-order chi connectivity index (χ1) is 16.5. The Morgan fingerprint density at radius 3 is 1.47 bits per heavy atom. The first-order valence-electron chi connectivity index (χ1n) is 13.5. The smallest absolute Gasteiger partial charge is 0.119 e. The van der Waals surface area contributed by atoms with Crippen molar-refractivity contribution in [1.29, 1.82) is 0 Å². The fourth-order valence-electron chi connectivity index (χ4n) is 4.57. The number of rotatable bonds is 14. The van der Waals surface area contributed by atoms with E-state index in [1.165, 1.54) is 73.2 Å². The van der Waals surface area contributed by atoms with Gasteiger partial charge in [0.05, 0.1) is 14.7 Å². The van der Waals surface area contributed by atoms with Crippen LogP contribution in [0.4, 0.5) is 0 Å². The maximum atomic E-state index is 5.89. The number of benzene rings is 3. The normalized spacial score (nSPS) is 11.5. The van der Waals surface area contributed by atoms with Gasteiger partial charge in [0.15, 0.2) is 0 Å². The zero-order valence-corrected chi connectivity index (χ0v) is 22.9. The molecule has 182 valence electrons. The standard InChI is InChI=1S/C32H44OSi/c1-5-7-9-11-25-33-31-21-17-29(18-22-31)27-13-15-28(16-14-27)30-19-23-32(24-20-30)34(3,4)26-12-10-8-6-2/h13-24H,5-12,25-26H2,1-4H3. The predicted octanol–water partition coefficient (Wildman–Crippen LogP) is 9.48. The summed E-state index contributed by atoms with van der Waals surface area (Å²) in [5, 5.41) is 1.58. The number of unbranched alkanes of at least 4 members (excludes halogenated alkanes) is 6. The maximum Gasteiger partial charge on any atom is 0.119 e. The molecule has 3 aromatic carbocycles. The van der Waals surface area contributed by atoms with Crippen LogP contribution in [0.1, 0.15) is 65.2 Å². The topological polar surface area (TPSA) is 9.23 Å². The Kier molecular flexibility index (Phi) is 10.5. The molecule has 0 atom stereocenters. The molecule has 0 fully saturated rings. The van der Waals surface area contributed by atoms with Gasteiger partial charge in [0, 0.05) is 0 Å². The monoisotopic (exact) mass is 472 g/mol. The molecule has 0 heterocycles. The van der Waals surface area contributed by atoms with Gasteiger partial charge < -0.3 is 4.74 Å². The van der Waals surface area contributed by atoms with Gasteiger partial charge in [0.25, 0.3) is 0 Å². The summed E-state index contributed by atoms with van der Waals surface area (Å²) < 4.78 is 5.89. The van der Waals surface area contributed by atoms with Gasteiger partial charge >= 0.3 is 0 Å². The van der Waals surface area contributed by atoms with Gasteiger partial charge in [-0.2, -0.15) is 0 Å². The van der Waals surface area contributed by atoms with Crippen molar-refractivity contribution in [3.63, 3.8) is 0 Å². The van der Waals surface area contributed by atoms with Crippen LogP contribution in [0.3, 0.4) is 0 Å². The summed E-state index contributed by atoms with van der Waals surface area (Å²) in [6, 6.07) is 28.3. The van der Waals surface area contributed by atoms with Crippen LogP contribution in [0.5, 0.6) is 5.75 Å². The highest BCUT2D eigenvalue weighted by atomic mass is 28.3. The SMILES string of the molecule is CCCCCCOc1ccc(-c2ccc(-c3ccc([Si](C)(C)CCCCCC)cc3)cc2)cc1. The molecule has 1 nitrogen and oxygen atoms in total. The van der Waals surface area contributed by atoms with Crippen molar-refractivity contribution in [2.75, 3.05) is 6.61 Å². The maximum absolute atomic E-state index is 5.89. The zero-order chi connectivity index (χ0) is 24.2. The van der Waals surface area contributed by atoms with E-state index >= 15 is 0 Å². The fraction of sp³-hybridized carbons (Fsp3) is 0.438. The van der Waals surface area contributed by atoms with E-state index in [0.29, 0.717) is 0 Å². The van der Waals surface area contributed by atoms with Gasteiger partial charge in [-0.05, 0) is 40.8 Å². The molecule has 0 radical (unpaired) electrons. The minimum atomic E-state index is -1.34. The van der Waals surface area contributed by atoms with Crippen LogP contribution in [-0.2, 0) is 0 Å². The lowest BCUT2D eigenvalue weighted by molar-refractivity contribution is 0.305. The quantitative estimate of drug-likeness (QED) is 0.168. The van der Waals surface area contributed by atoms with E-state index in [2.05, 4.69) is 99.7 Å². The molecule has 0 saturated heterocycles. The molecule has 0 N–H and O–H groups in total. The van der Waals surface area contributed by atoms with E-state index in [1.807, 2.05) is 0 Å². The van der Waals surface area contributed by atoms with Gasteiger partial charge in [-0.25, -0.2) is 0 Å². The molecule has 34 heavy (non-hydrogen) atoms. The molecule has 0 aromatic heterocycles. The minimum Gasteiger partial charge on any atom is -0.494 e. The van der Waals surface area contributed by atoms with Crippen LogP contribution in [0.15, 0.2) is 72.8 Å². The van der Waals surface area contributed by atoms with E-state index < -0.39 is 8.07 Å². The van der Waals surface area contributed by atoms with Crippen LogP contribution in [0.25, 0.3) is 22.3 Å². The molecule has 0 bridgehead atoms. The first kappa shape index (κ1) is 26.3. The van der Waals surface area contributed by atoms with Gasteiger partial charge in [0.1, 0.15) is 5.75 Å². The van der Waals surface area contributed by atoms with Crippen molar-refractivity contribution in [3.8, 4) is 28.0 Å². The number of ether oxygens (including phenoxy) is 1. The lowest BCUT2D eigenvalue weighted by atomic mass is 10.0. The Morgan fingerprint density at radius 1 is 0.529 bits per heavy atom. The van der Waals surface area contributed by atoms with Gasteiger partial charge in [-0.15, -0.1) is 0 Å². The van der Waals surface area contributed by atoms with E-state index in [-0.39, 0.29) is 0 Å². The van der Waals surface area contributed by atoms with Crippen molar-refractivity contribution >= 4 is 13.3 Å². The van der Waals surface area contributed by atoms with E-state index in [9.17, 15) is 0 Å². The molecule has 2 heteroatoms. The Labute approximate surface area is 209 Å².